The molecule has 0 saturated carbocycles. The van der Waals surface area contributed by atoms with Gasteiger partial charge < -0.3 is 5.32 Å². The predicted octanol–water partition coefficient (Wildman–Crippen LogP) is 5.67. The zero-order valence-corrected chi connectivity index (χ0v) is 12.6. The number of para-hydroxylation sites is 1. The van der Waals surface area contributed by atoms with Gasteiger partial charge in [-0.3, -0.25) is 0 Å². The van der Waals surface area contributed by atoms with Crippen molar-refractivity contribution in [2.24, 2.45) is 5.92 Å². The van der Waals surface area contributed by atoms with Crippen molar-refractivity contribution in [3.63, 3.8) is 0 Å². The average Bonchev–Trinajstić information content (AvgIpc) is 3.04. The molecule has 1 aliphatic heterocycles. The van der Waals surface area contributed by atoms with Crippen LogP contribution in [0.25, 0.3) is 0 Å². The van der Waals surface area contributed by atoms with Crippen molar-refractivity contribution in [1.82, 2.24) is 0 Å². The first-order valence-corrected chi connectivity index (χ1v) is 7.84. The van der Waals surface area contributed by atoms with Gasteiger partial charge in [0.25, 0.3) is 0 Å². The molecule has 4 rings (SSSR count). The van der Waals surface area contributed by atoms with E-state index in [2.05, 4.69) is 5.32 Å². The third kappa shape index (κ3) is 2.30. The van der Waals surface area contributed by atoms with Crippen LogP contribution in [0, 0.1) is 11.7 Å². The van der Waals surface area contributed by atoms with E-state index in [4.69, 9.17) is 0 Å². The molecule has 124 valence electrons. The molecule has 1 nitrogen and oxygen atoms in total. The summed E-state index contributed by atoms with van der Waals surface area (Å²) < 4.78 is 54.5. The summed E-state index contributed by atoms with van der Waals surface area (Å²) in [5.74, 6) is -0.549. The molecule has 0 fully saturated rings. The molecule has 0 spiro atoms. The Kier molecular flexibility index (Phi) is 3.41. The monoisotopic (exact) mass is 333 g/mol. The van der Waals surface area contributed by atoms with Crippen molar-refractivity contribution < 1.29 is 17.6 Å². The molecular weight excluding hydrogens is 318 g/mol. The molecule has 2 aromatic carbocycles. The van der Waals surface area contributed by atoms with Crippen LogP contribution in [0.2, 0.25) is 0 Å². The lowest BCUT2D eigenvalue weighted by atomic mass is 9.76. The van der Waals surface area contributed by atoms with Gasteiger partial charge in [-0.1, -0.05) is 42.5 Å². The van der Waals surface area contributed by atoms with Gasteiger partial charge in [-0.05, 0) is 35.6 Å². The van der Waals surface area contributed by atoms with Crippen LogP contribution in [0.5, 0.6) is 0 Å². The number of allylic oxidation sites excluding steroid dienone is 2. The second kappa shape index (κ2) is 5.36. The van der Waals surface area contributed by atoms with E-state index in [9.17, 15) is 17.6 Å². The van der Waals surface area contributed by atoms with Crippen molar-refractivity contribution >= 4 is 5.69 Å². The van der Waals surface area contributed by atoms with Crippen LogP contribution in [0.4, 0.5) is 23.2 Å². The van der Waals surface area contributed by atoms with Gasteiger partial charge in [-0.15, -0.1) is 0 Å². The Morgan fingerprint density at radius 3 is 2.50 bits per heavy atom. The Morgan fingerprint density at radius 1 is 0.958 bits per heavy atom. The lowest BCUT2D eigenvalue weighted by Crippen LogP contribution is -2.31. The summed E-state index contributed by atoms with van der Waals surface area (Å²) in [5.41, 5.74) is 0.646. The third-order valence-electron chi connectivity index (χ3n) is 4.95. The van der Waals surface area contributed by atoms with Gasteiger partial charge in [-0.25, -0.2) is 4.39 Å². The number of hydrogen-bond acceptors (Lipinski definition) is 1. The summed E-state index contributed by atoms with van der Waals surface area (Å²) in [4.78, 5) is 0. The lowest BCUT2D eigenvalue weighted by Gasteiger charge is -2.38. The van der Waals surface area contributed by atoms with Gasteiger partial charge in [-0.2, -0.15) is 13.2 Å². The van der Waals surface area contributed by atoms with Gasteiger partial charge in [0.2, 0.25) is 0 Å². The van der Waals surface area contributed by atoms with Crippen LogP contribution < -0.4 is 5.32 Å². The highest BCUT2D eigenvalue weighted by atomic mass is 19.4. The molecule has 1 heterocycles. The first-order chi connectivity index (χ1) is 11.5. The Morgan fingerprint density at radius 2 is 1.71 bits per heavy atom. The highest BCUT2D eigenvalue weighted by Gasteiger charge is 2.42. The topological polar surface area (TPSA) is 12.0 Å². The third-order valence-corrected chi connectivity index (χ3v) is 4.95. The molecule has 0 saturated heterocycles. The Labute approximate surface area is 137 Å². The van der Waals surface area contributed by atoms with E-state index in [1.165, 1.54) is 18.2 Å². The second-order valence-electron chi connectivity index (χ2n) is 6.26. The molecule has 0 radical (unpaired) electrons. The van der Waals surface area contributed by atoms with Crippen LogP contribution in [0.3, 0.4) is 0 Å². The molecule has 24 heavy (non-hydrogen) atoms. The number of fused-ring (bicyclic) bond motifs is 3. The fourth-order valence-electron chi connectivity index (χ4n) is 3.92. The number of hydrogen-bond donors (Lipinski definition) is 1. The molecule has 0 aromatic heterocycles. The normalized spacial score (nSPS) is 25.1. The van der Waals surface area contributed by atoms with Crippen molar-refractivity contribution in [2.45, 2.75) is 24.6 Å². The fourth-order valence-corrected chi connectivity index (χ4v) is 3.92. The highest BCUT2D eigenvalue weighted by molar-refractivity contribution is 5.61. The fraction of sp³-hybridized carbons (Fsp3) is 0.263. The number of halogens is 4. The molecule has 2 aliphatic rings. The molecule has 2 aromatic rings. The molecule has 0 bridgehead atoms. The molecule has 1 aliphatic carbocycles. The van der Waals surface area contributed by atoms with Crippen molar-refractivity contribution in [2.75, 3.05) is 5.32 Å². The summed E-state index contributed by atoms with van der Waals surface area (Å²) in [6.07, 6.45) is 0.187. The molecule has 1 N–H and O–H groups in total. The number of anilines is 1. The quantitative estimate of drug-likeness (QED) is 0.524. The Balaban J connectivity index is 1.85. The first-order valence-electron chi connectivity index (χ1n) is 7.84. The van der Waals surface area contributed by atoms with Gasteiger partial charge in [0.1, 0.15) is 5.82 Å². The average molecular weight is 333 g/mol. The SMILES string of the molecule is Fc1cccc2c1N[C@@H](c1ccccc1C(F)(F)F)[C@@H]1CC=C[C@@H]21. The Hall–Kier alpha value is -2.30. The second-order valence-corrected chi connectivity index (χ2v) is 6.26. The van der Waals surface area contributed by atoms with Gasteiger partial charge in [0, 0.05) is 5.92 Å². The molecule has 0 amide bonds. The van der Waals surface area contributed by atoms with Crippen LogP contribution in [0.1, 0.15) is 35.1 Å². The largest absolute Gasteiger partial charge is 0.416 e. The van der Waals surface area contributed by atoms with E-state index < -0.39 is 23.6 Å². The minimum atomic E-state index is -4.44. The van der Waals surface area contributed by atoms with Gasteiger partial charge in [0.05, 0.1) is 17.3 Å². The van der Waals surface area contributed by atoms with E-state index in [1.807, 2.05) is 18.2 Å². The molecule has 0 unspecified atom stereocenters. The molecule has 3 atom stereocenters. The molecular formula is C19H15F4N. The zero-order chi connectivity index (χ0) is 16.9. The first kappa shape index (κ1) is 15.2. The van der Waals surface area contributed by atoms with E-state index >= 15 is 0 Å². The summed E-state index contributed by atoms with van der Waals surface area (Å²) >= 11 is 0. The lowest BCUT2D eigenvalue weighted by molar-refractivity contribution is -0.138. The number of benzene rings is 2. The van der Waals surface area contributed by atoms with E-state index in [0.29, 0.717) is 12.1 Å². The van der Waals surface area contributed by atoms with Crippen LogP contribution in [-0.4, -0.2) is 0 Å². The predicted molar refractivity (Wildman–Crippen MR) is 84.2 cm³/mol. The van der Waals surface area contributed by atoms with Crippen molar-refractivity contribution in [3.05, 3.63) is 77.1 Å². The van der Waals surface area contributed by atoms with Crippen molar-refractivity contribution in [1.29, 1.82) is 0 Å². The van der Waals surface area contributed by atoms with Crippen LogP contribution in [0.15, 0.2) is 54.6 Å². The standard InChI is InChI=1S/C19H15F4N/c20-16-10-4-8-13-11-6-3-7-12(11)17(24-18(13)16)14-5-1-2-9-15(14)19(21,22)23/h1-6,8-12,17,24H,7H2/t11-,12-,17-/m1/s1. The Bertz CT molecular complexity index is 809. The maximum absolute atomic E-state index is 14.2. The minimum absolute atomic E-state index is 0.0530. The zero-order valence-electron chi connectivity index (χ0n) is 12.6. The van der Waals surface area contributed by atoms with Crippen LogP contribution in [-0.2, 0) is 6.18 Å². The number of rotatable bonds is 1. The molecule has 5 heteroatoms. The summed E-state index contributed by atoms with van der Waals surface area (Å²) in [7, 11) is 0. The van der Waals surface area contributed by atoms with Gasteiger partial charge in [0.15, 0.2) is 0 Å². The number of nitrogens with one attached hydrogen (secondary N) is 1. The van der Waals surface area contributed by atoms with Crippen molar-refractivity contribution in [3.8, 4) is 0 Å². The number of alkyl halides is 3. The van der Waals surface area contributed by atoms with E-state index in [1.54, 1.807) is 12.1 Å². The summed E-state index contributed by atoms with van der Waals surface area (Å²) in [5, 5.41) is 3.05. The maximum Gasteiger partial charge on any atom is 0.416 e. The smallest absolute Gasteiger partial charge is 0.375 e. The maximum atomic E-state index is 14.2. The summed E-state index contributed by atoms with van der Waals surface area (Å²) in [6.45, 7) is 0. The van der Waals surface area contributed by atoms with E-state index in [-0.39, 0.29) is 17.4 Å². The highest BCUT2D eigenvalue weighted by Crippen LogP contribution is 2.51. The minimum Gasteiger partial charge on any atom is -0.375 e. The van der Waals surface area contributed by atoms with Crippen LogP contribution >= 0.6 is 0 Å². The van der Waals surface area contributed by atoms with Gasteiger partial charge >= 0.3 is 6.18 Å². The van der Waals surface area contributed by atoms with E-state index in [0.717, 1.165) is 11.6 Å². The summed E-state index contributed by atoms with van der Waals surface area (Å²) in [6, 6.07) is 9.79.